The Hall–Kier alpha value is 0.340. The van der Waals surface area contributed by atoms with E-state index in [0.717, 1.165) is 6.08 Å². The molecule has 0 aliphatic rings. The molecule has 0 aliphatic carbocycles. The average Bonchev–Trinajstić information content (AvgIpc) is 1.99. The van der Waals surface area contributed by atoms with Gasteiger partial charge in [-0.25, -0.2) is 0 Å². The fraction of sp³-hybridized carbons (Fsp3) is 0.750. The largest absolute Gasteiger partial charge is 0.394 e. The van der Waals surface area contributed by atoms with Crippen LogP contribution in [0.5, 0.6) is 0 Å². The van der Waals surface area contributed by atoms with E-state index >= 15 is 0 Å². The van der Waals surface area contributed by atoms with Crippen LogP contribution in [-0.2, 0) is 0 Å². The van der Waals surface area contributed by atoms with E-state index in [1.54, 1.807) is 0 Å². The zero-order valence-electron chi connectivity index (χ0n) is 8.15. The smallest absolute Gasteiger partial charge is 0.304 e. The maximum absolute atomic E-state index is 11.8. The summed E-state index contributed by atoms with van der Waals surface area (Å²) >= 11 is 4.15. The zero-order valence-corrected chi connectivity index (χ0v) is 11.3. The number of alkyl halides is 6. The molecule has 0 amide bonds. The van der Waals surface area contributed by atoms with Gasteiger partial charge in [0.15, 0.2) is 0 Å². The second-order valence-electron chi connectivity index (χ2n) is 2.76. The Morgan fingerprint density at radius 1 is 1.19 bits per heavy atom. The summed E-state index contributed by atoms with van der Waals surface area (Å²) < 4.78 is 46.7. The molecule has 0 aliphatic heterocycles. The zero-order chi connectivity index (χ0) is 13.4. The lowest BCUT2D eigenvalue weighted by Gasteiger charge is -2.10. The van der Waals surface area contributed by atoms with E-state index in [1.165, 1.54) is 0 Å². The molecule has 0 saturated heterocycles. The predicted octanol–water partition coefficient (Wildman–Crippen LogP) is 3.27. The third-order valence-electron chi connectivity index (χ3n) is 1.05. The maximum atomic E-state index is 11.8. The second-order valence-corrected chi connectivity index (χ2v) is 5.08. The molecule has 8 heteroatoms. The SMILES string of the molecule is C=CCC(F)(F)Br.OCC(O)CC(F)(F)Br. The van der Waals surface area contributed by atoms with Gasteiger partial charge in [0, 0.05) is 6.42 Å². The minimum Gasteiger partial charge on any atom is -0.394 e. The number of rotatable bonds is 5. The van der Waals surface area contributed by atoms with Gasteiger partial charge in [0.05, 0.1) is 19.1 Å². The van der Waals surface area contributed by atoms with Gasteiger partial charge < -0.3 is 10.2 Å². The molecular formula is C8H12Br2F4O2. The Balaban J connectivity index is 0. The Labute approximate surface area is 108 Å². The minimum atomic E-state index is -3.07. The van der Waals surface area contributed by atoms with E-state index in [1.807, 2.05) is 15.9 Å². The van der Waals surface area contributed by atoms with E-state index in [0.29, 0.717) is 0 Å². The first-order valence-electron chi connectivity index (χ1n) is 4.05. The predicted molar refractivity (Wildman–Crippen MR) is 60.3 cm³/mol. The quantitative estimate of drug-likeness (QED) is 0.440. The van der Waals surface area contributed by atoms with Crippen molar-refractivity contribution in [2.24, 2.45) is 0 Å². The molecule has 2 nitrogen and oxygen atoms in total. The second kappa shape index (κ2) is 8.43. The van der Waals surface area contributed by atoms with Gasteiger partial charge in [-0.3, -0.25) is 0 Å². The lowest BCUT2D eigenvalue weighted by molar-refractivity contribution is 0.0132. The molecule has 0 rings (SSSR count). The van der Waals surface area contributed by atoms with Crippen LogP contribution < -0.4 is 0 Å². The van der Waals surface area contributed by atoms with Crippen molar-refractivity contribution in [1.29, 1.82) is 0 Å². The summed E-state index contributed by atoms with van der Waals surface area (Å²) in [5.41, 5.74) is 0. The van der Waals surface area contributed by atoms with Gasteiger partial charge in [-0.05, 0) is 31.9 Å². The Kier molecular flexibility index (Phi) is 9.86. The number of hydrogen-bond acceptors (Lipinski definition) is 2. The topological polar surface area (TPSA) is 40.5 Å². The molecule has 0 saturated carbocycles. The van der Waals surface area contributed by atoms with Crippen LogP contribution in [0.1, 0.15) is 12.8 Å². The van der Waals surface area contributed by atoms with Crippen molar-refractivity contribution in [2.45, 2.75) is 28.6 Å². The number of aliphatic hydroxyl groups excluding tert-OH is 2. The monoisotopic (exact) mass is 374 g/mol. The van der Waals surface area contributed by atoms with Crippen LogP contribution in [0.2, 0.25) is 0 Å². The van der Waals surface area contributed by atoms with E-state index in [9.17, 15) is 17.6 Å². The molecular weight excluding hydrogens is 364 g/mol. The first kappa shape index (κ1) is 18.7. The van der Waals surface area contributed by atoms with Crippen LogP contribution in [0.3, 0.4) is 0 Å². The number of hydrogen-bond donors (Lipinski definition) is 2. The summed E-state index contributed by atoms with van der Waals surface area (Å²) in [6.07, 6.45) is -1.26. The van der Waals surface area contributed by atoms with Crippen LogP contribution in [0.25, 0.3) is 0 Å². The van der Waals surface area contributed by atoms with Crippen molar-refractivity contribution in [1.82, 2.24) is 0 Å². The van der Waals surface area contributed by atoms with Crippen LogP contribution in [0.4, 0.5) is 17.6 Å². The summed E-state index contributed by atoms with van der Waals surface area (Å²) in [6.45, 7) is 2.50. The van der Waals surface area contributed by atoms with Gasteiger partial charge in [0.1, 0.15) is 0 Å². The highest BCUT2D eigenvalue weighted by molar-refractivity contribution is 9.10. The van der Waals surface area contributed by atoms with Gasteiger partial charge >= 0.3 is 9.66 Å². The van der Waals surface area contributed by atoms with Crippen LogP contribution in [-0.4, -0.2) is 32.6 Å². The van der Waals surface area contributed by atoms with E-state index in [-0.39, 0.29) is 6.42 Å². The first-order valence-corrected chi connectivity index (χ1v) is 5.63. The van der Waals surface area contributed by atoms with Crippen molar-refractivity contribution in [3.05, 3.63) is 12.7 Å². The standard InChI is InChI=1S/C4H7BrF2O2.C4H5BrF2/c5-4(6,7)1-3(9)2-8;1-2-3-4(5,6)7/h3,8-9H,1-2H2;2H,1,3H2. The molecule has 0 heterocycles. The molecule has 2 N–H and O–H groups in total. The fourth-order valence-electron chi connectivity index (χ4n) is 0.495. The highest BCUT2D eigenvalue weighted by atomic mass is 79.9. The number of aliphatic hydroxyl groups is 2. The Bertz CT molecular complexity index is 191. The molecule has 1 unspecified atom stereocenters. The third-order valence-corrected chi connectivity index (χ3v) is 1.70. The Morgan fingerprint density at radius 3 is 1.69 bits per heavy atom. The summed E-state index contributed by atoms with van der Waals surface area (Å²) in [4.78, 5) is -5.83. The van der Waals surface area contributed by atoms with E-state index in [2.05, 4.69) is 22.5 Å². The molecule has 16 heavy (non-hydrogen) atoms. The maximum Gasteiger partial charge on any atom is 0.304 e. The lowest BCUT2D eigenvalue weighted by atomic mass is 10.3. The molecule has 0 aromatic heterocycles. The van der Waals surface area contributed by atoms with Crippen LogP contribution in [0, 0.1) is 0 Å². The van der Waals surface area contributed by atoms with Crippen molar-refractivity contribution < 1.29 is 27.8 Å². The molecule has 0 fully saturated rings. The molecule has 0 aromatic carbocycles. The highest BCUT2D eigenvalue weighted by Gasteiger charge is 2.27. The fourth-order valence-corrected chi connectivity index (χ4v) is 1.10. The van der Waals surface area contributed by atoms with Crippen molar-refractivity contribution in [2.75, 3.05) is 6.61 Å². The molecule has 1 atom stereocenters. The van der Waals surface area contributed by atoms with Crippen LogP contribution in [0.15, 0.2) is 12.7 Å². The lowest BCUT2D eigenvalue weighted by Crippen LogP contribution is -2.20. The summed E-state index contributed by atoms with van der Waals surface area (Å²) in [5, 5.41) is 16.5. The third kappa shape index (κ3) is 19.8. The Morgan fingerprint density at radius 2 is 1.62 bits per heavy atom. The molecule has 0 aromatic rings. The van der Waals surface area contributed by atoms with Crippen molar-refractivity contribution in [3.63, 3.8) is 0 Å². The van der Waals surface area contributed by atoms with E-state index < -0.39 is 28.8 Å². The highest BCUT2D eigenvalue weighted by Crippen LogP contribution is 2.27. The number of allylic oxidation sites excluding steroid dienone is 1. The van der Waals surface area contributed by atoms with Crippen LogP contribution >= 0.6 is 31.9 Å². The normalized spacial score (nSPS) is 13.8. The summed E-state index contributed by atoms with van der Waals surface area (Å²) in [5.74, 6) is 0. The van der Waals surface area contributed by atoms with Crippen molar-refractivity contribution in [3.8, 4) is 0 Å². The summed E-state index contributed by atoms with van der Waals surface area (Å²) in [7, 11) is 0. The minimum absolute atomic E-state index is 0.312. The van der Waals surface area contributed by atoms with Gasteiger partial charge in [0.2, 0.25) is 0 Å². The number of halogens is 6. The van der Waals surface area contributed by atoms with Gasteiger partial charge in [-0.1, -0.05) is 6.08 Å². The van der Waals surface area contributed by atoms with Crippen molar-refractivity contribution >= 4 is 31.9 Å². The van der Waals surface area contributed by atoms with Gasteiger partial charge in [-0.15, -0.1) is 6.58 Å². The molecule has 98 valence electrons. The average molecular weight is 376 g/mol. The summed E-state index contributed by atoms with van der Waals surface area (Å²) in [6, 6.07) is 0. The molecule has 0 bridgehead atoms. The first-order chi connectivity index (χ1) is 7.02. The molecule has 0 radical (unpaired) electrons. The molecule has 0 spiro atoms. The van der Waals surface area contributed by atoms with Gasteiger partial charge in [-0.2, -0.15) is 17.6 Å². The van der Waals surface area contributed by atoms with E-state index in [4.69, 9.17) is 10.2 Å². The van der Waals surface area contributed by atoms with Gasteiger partial charge in [0.25, 0.3) is 0 Å².